The number of ether oxygens (including phenoxy) is 1. The summed E-state index contributed by atoms with van der Waals surface area (Å²) in [5, 5.41) is 6.76. The third kappa shape index (κ3) is 7.11. The lowest BCUT2D eigenvalue weighted by Crippen LogP contribution is -2.41. The Labute approximate surface area is 141 Å². The minimum absolute atomic E-state index is 0. The van der Waals surface area contributed by atoms with Crippen molar-refractivity contribution in [1.82, 2.24) is 10.6 Å². The Morgan fingerprint density at radius 1 is 1.25 bits per heavy atom. The molecule has 0 aromatic carbocycles. The van der Waals surface area contributed by atoms with Crippen molar-refractivity contribution >= 4 is 29.9 Å². The molecule has 1 unspecified atom stereocenters. The smallest absolute Gasteiger partial charge is 0.191 e. The summed E-state index contributed by atoms with van der Waals surface area (Å²) in [7, 11) is 0. The van der Waals surface area contributed by atoms with E-state index in [1.807, 2.05) is 0 Å². The average Bonchev–Trinajstić information content (AvgIpc) is 2.84. The molecule has 0 spiro atoms. The van der Waals surface area contributed by atoms with Crippen molar-refractivity contribution in [2.24, 2.45) is 10.9 Å². The molecule has 5 heteroatoms. The van der Waals surface area contributed by atoms with Crippen LogP contribution in [0.1, 0.15) is 53.4 Å². The van der Waals surface area contributed by atoms with Gasteiger partial charge >= 0.3 is 0 Å². The second-order valence-corrected chi connectivity index (χ2v) is 5.66. The standard InChI is InChI=1S/C15H31N3O.HI/c1-5-13(6-2)11-17-14(16-7-3)18-12-15(4)9-8-10-19-15;/h13H,5-12H2,1-4H3,(H2,16,17,18);1H. The lowest BCUT2D eigenvalue weighted by molar-refractivity contribution is 0.0283. The van der Waals surface area contributed by atoms with Gasteiger partial charge in [0, 0.05) is 19.7 Å². The van der Waals surface area contributed by atoms with Gasteiger partial charge < -0.3 is 15.4 Å². The number of nitrogens with zero attached hydrogens (tertiary/aromatic N) is 1. The maximum atomic E-state index is 5.77. The van der Waals surface area contributed by atoms with Crippen LogP contribution in [0, 0.1) is 5.92 Å². The molecule has 1 heterocycles. The quantitative estimate of drug-likeness (QED) is 0.394. The van der Waals surface area contributed by atoms with E-state index in [9.17, 15) is 0 Å². The fraction of sp³-hybridized carbons (Fsp3) is 0.933. The highest BCUT2D eigenvalue weighted by Crippen LogP contribution is 2.24. The molecule has 20 heavy (non-hydrogen) atoms. The molecule has 0 bridgehead atoms. The Morgan fingerprint density at radius 2 is 1.95 bits per heavy atom. The first-order chi connectivity index (χ1) is 9.13. The number of nitrogens with one attached hydrogen (secondary N) is 2. The van der Waals surface area contributed by atoms with E-state index in [4.69, 9.17) is 4.74 Å². The van der Waals surface area contributed by atoms with Crippen molar-refractivity contribution in [2.75, 3.05) is 26.2 Å². The molecule has 1 rings (SSSR count). The fourth-order valence-corrected chi connectivity index (χ4v) is 2.37. The Hall–Kier alpha value is -0.0400. The van der Waals surface area contributed by atoms with Crippen molar-refractivity contribution in [1.29, 1.82) is 0 Å². The highest BCUT2D eigenvalue weighted by atomic mass is 127. The number of aliphatic imine (C=N–C) groups is 1. The van der Waals surface area contributed by atoms with Crippen molar-refractivity contribution < 1.29 is 4.74 Å². The van der Waals surface area contributed by atoms with Crippen LogP contribution >= 0.6 is 24.0 Å². The number of hydrogen-bond donors (Lipinski definition) is 2. The molecular formula is C15H32IN3O. The molecule has 0 aliphatic carbocycles. The topological polar surface area (TPSA) is 45.7 Å². The molecule has 0 aromatic heterocycles. The van der Waals surface area contributed by atoms with Crippen LogP contribution in [-0.2, 0) is 4.74 Å². The van der Waals surface area contributed by atoms with Crippen LogP contribution < -0.4 is 10.6 Å². The molecule has 0 saturated carbocycles. The molecule has 0 amide bonds. The summed E-state index contributed by atoms with van der Waals surface area (Å²) in [6, 6.07) is 0. The molecule has 4 nitrogen and oxygen atoms in total. The van der Waals surface area contributed by atoms with Gasteiger partial charge in [0.2, 0.25) is 0 Å². The zero-order valence-corrected chi connectivity index (χ0v) is 15.8. The van der Waals surface area contributed by atoms with E-state index in [1.54, 1.807) is 0 Å². The van der Waals surface area contributed by atoms with E-state index in [0.29, 0.717) is 0 Å². The Morgan fingerprint density at radius 3 is 2.45 bits per heavy atom. The molecule has 0 radical (unpaired) electrons. The van der Waals surface area contributed by atoms with Crippen LogP contribution in [0.15, 0.2) is 4.99 Å². The number of guanidine groups is 1. The molecule has 1 aliphatic rings. The van der Waals surface area contributed by atoms with Gasteiger partial charge in [-0.1, -0.05) is 26.7 Å². The van der Waals surface area contributed by atoms with Crippen molar-refractivity contribution in [3.63, 3.8) is 0 Å². The Bertz CT molecular complexity index is 274. The second-order valence-electron chi connectivity index (χ2n) is 5.66. The van der Waals surface area contributed by atoms with Crippen LogP contribution in [-0.4, -0.2) is 37.8 Å². The van der Waals surface area contributed by atoms with Crippen LogP contribution in [0.5, 0.6) is 0 Å². The summed E-state index contributed by atoms with van der Waals surface area (Å²) >= 11 is 0. The van der Waals surface area contributed by atoms with Crippen LogP contribution in [0.25, 0.3) is 0 Å². The van der Waals surface area contributed by atoms with Crippen LogP contribution in [0.3, 0.4) is 0 Å². The molecule has 0 aromatic rings. The van der Waals surface area contributed by atoms with Gasteiger partial charge in [-0.25, -0.2) is 0 Å². The third-order valence-electron chi connectivity index (χ3n) is 3.93. The van der Waals surface area contributed by atoms with Gasteiger partial charge in [0.15, 0.2) is 5.96 Å². The zero-order chi connectivity index (χ0) is 14.1. The summed E-state index contributed by atoms with van der Waals surface area (Å²) in [6.45, 7) is 12.3. The van der Waals surface area contributed by atoms with Gasteiger partial charge in [-0.15, -0.1) is 24.0 Å². The van der Waals surface area contributed by atoms with E-state index < -0.39 is 0 Å². The maximum absolute atomic E-state index is 5.77. The second kappa shape index (κ2) is 10.7. The highest BCUT2D eigenvalue weighted by Gasteiger charge is 2.29. The molecule has 1 atom stereocenters. The van der Waals surface area contributed by atoms with Crippen LogP contribution in [0.4, 0.5) is 0 Å². The molecule has 1 aliphatic heterocycles. The normalized spacial score (nSPS) is 22.8. The summed E-state index contributed by atoms with van der Waals surface area (Å²) < 4.78 is 5.77. The first-order valence-corrected chi connectivity index (χ1v) is 7.79. The Kier molecular flexibility index (Phi) is 10.6. The van der Waals surface area contributed by atoms with E-state index in [0.717, 1.165) is 51.0 Å². The monoisotopic (exact) mass is 397 g/mol. The van der Waals surface area contributed by atoms with Crippen molar-refractivity contribution in [3.8, 4) is 0 Å². The number of hydrogen-bond acceptors (Lipinski definition) is 2. The third-order valence-corrected chi connectivity index (χ3v) is 3.93. The number of halogens is 1. The lowest BCUT2D eigenvalue weighted by atomic mass is 10.0. The predicted octanol–water partition coefficient (Wildman–Crippen LogP) is 3.16. The highest BCUT2D eigenvalue weighted by molar-refractivity contribution is 14.0. The first kappa shape index (κ1) is 20.0. The molecular weight excluding hydrogens is 365 g/mol. The van der Waals surface area contributed by atoms with E-state index in [-0.39, 0.29) is 29.6 Å². The summed E-state index contributed by atoms with van der Waals surface area (Å²) in [4.78, 5) is 4.68. The van der Waals surface area contributed by atoms with Crippen molar-refractivity contribution in [3.05, 3.63) is 0 Å². The maximum Gasteiger partial charge on any atom is 0.191 e. The SMILES string of the molecule is CCNC(=NCC1(C)CCCO1)NCC(CC)CC.I. The lowest BCUT2D eigenvalue weighted by Gasteiger charge is -2.22. The summed E-state index contributed by atoms with van der Waals surface area (Å²) in [6.07, 6.45) is 4.69. The number of rotatable bonds is 7. The summed E-state index contributed by atoms with van der Waals surface area (Å²) in [5.41, 5.74) is -0.0583. The minimum atomic E-state index is -0.0583. The fourth-order valence-electron chi connectivity index (χ4n) is 2.37. The van der Waals surface area contributed by atoms with E-state index in [1.165, 1.54) is 12.8 Å². The minimum Gasteiger partial charge on any atom is -0.373 e. The van der Waals surface area contributed by atoms with Crippen molar-refractivity contribution in [2.45, 2.75) is 59.0 Å². The molecule has 1 fully saturated rings. The van der Waals surface area contributed by atoms with Gasteiger partial charge in [0.1, 0.15) is 0 Å². The first-order valence-electron chi connectivity index (χ1n) is 7.79. The van der Waals surface area contributed by atoms with Crippen LogP contribution in [0.2, 0.25) is 0 Å². The summed E-state index contributed by atoms with van der Waals surface area (Å²) in [5.74, 6) is 1.65. The Balaban J connectivity index is 0.00000361. The largest absolute Gasteiger partial charge is 0.373 e. The zero-order valence-electron chi connectivity index (χ0n) is 13.5. The average molecular weight is 397 g/mol. The van der Waals surface area contributed by atoms with Gasteiger partial charge in [-0.2, -0.15) is 0 Å². The van der Waals surface area contributed by atoms with Gasteiger partial charge in [-0.05, 0) is 32.6 Å². The van der Waals surface area contributed by atoms with Gasteiger partial charge in [0.05, 0.1) is 12.1 Å². The van der Waals surface area contributed by atoms with Gasteiger partial charge in [0.25, 0.3) is 0 Å². The molecule has 120 valence electrons. The van der Waals surface area contributed by atoms with Gasteiger partial charge in [-0.3, -0.25) is 4.99 Å². The van der Waals surface area contributed by atoms with E-state index >= 15 is 0 Å². The molecule has 1 saturated heterocycles. The van der Waals surface area contributed by atoms with E-state index in [2.05, 4.69) is 43.3 Å². The molecule has 2 N–H and O–H groups in total. The predicted molar refractivity (Wildman–Crippen MR) is 97.1 cm³/mol.